The van der Waals surface area contributed by atoms with Crippen LogP contribution in [0.2, 0.25) is 0 Å². The number of hydrogen-bond acceptors (Lipinski definition) is 6. The van der Waals surface area contributed by atoms with Crippen LogP contribution in [-0.4, -0.2) is 33.3 Å². The van der Waals surface area contributed by atoms with Crippen LogP contribution in [0.5, 0.6) is 0 Å². The number of rotatable bonds is 3. The van der Waals surface area contributed by atoms with Gasteiger partial charge >= 0.3 is 0 Å². The highest BCUT2D eigenvalue weighted by molar-refractivity contribution is 5.93. The number of pyridine rings is 1. The van der Waals surface area contributed by atoms with Gasteiger partial charge in [-0.3, -0.25) is 14.5 Å². The highest BCUT2D eigenvalue weighted by Gasteiger charge is 2.21. The number of amides is 2. The van der Waals surface area contributed by atoms with Gasteiger partial charge in [0.05, 0.1) is 11.9 Å². The van der Waals surface area contributed by atoms with Crippen LogP contribution in [-0.2, 0) is 9.59 Å². The largest absolute Gasteiger partial charge is 0.369 e. The summed E-state index contributed by atoms with van der Waals surface area (Å²) in [6.45, 7) is 0.629. The predicted molar refractivity (Wildman–Crippen MR) is 112 cm³/mol. The third kappa shape index (κ3) is 5.49. The van der Waals surface area contributed by atoms with E-state index in [2.05, 4.69) is 15.0 Å². The van der Waals surface area contributed by atoms with Gasteiger partial charge in [0.1, 0.15) is 11.5 Å². The summed E-state index contributed by atoms with van der Waals surface area (Å²) in [5.41, 5.74) is 11.0. The number of halogens is 1. The van der Waals surface area contributed by atoms with Crippen LogP contribution in [0.3, 0.4) is 0 Å². The summed E-state index contributed by atoms with van der Waals surface area (Å²) in [6.07, 6.45) is 9.06. The van der Waals surface area contributed by atoms with Gasteiger partial charge in [0.2, 0.25) is 17.8 Å². The summed E-state index contributed by atoms with van der Waals surface area (Å²) < 4.78 is 13.8. The molecular weight excluding hydrogens is 387 g/mol. The molecule has 8 nitrogen and oxygen atoms in total. The Bertz CT molecular complexity index is 901. The third-order valence-electron chi connectivity index (χ3n) is 5.35. The van der Waals surface area contributed by atoms with Crippen molar-refractivity contribution in [3.8, 4) is 11.4 Å². The molecule has 2 aromatic heterocycles. The molecule has 0 aromatic carbocycles. The summed E-state index contributed by atoms with van der Waals surface area (Å²) in [4.78, 5) is 35.9. The van der Waals surface area contributed by atoms with Gasteiger partial charge in [-0.05, 0) is 37.8 Å². The summed E-state index contributed by atoms with van der Waals surface area (Å²) in [5, 5.41) is 0. The first-order valence-electron chi connectivity index (χ1n) is 10.3. The molecular formula is C21H27FN6O2. The van der Waals surface area contributed by atoms with Crippen LogP contribution in [0, 0.1) is 11.7 Å². The fraction of sp³-hybridized carbons (Fsp3) is 0.476. The smallest absolute Gasteiger partial charge is 0.228 e. The second-order valence-corrected chi connectivity index (χ2v) is 7.55. The number of primary amides is 1. The van der Waals surface area contributed by atoms with Crippen LogP contribution < -0.4 is 16.4 Å². The molecule has 2 fully saturated rings. The van der Waals surface area contributed by atoms with Crippen LogP contribution in [0.15, 0.2) is 24.4 Å². The van der Waals surface area contributed by atoms with E-state index in [-0.39, 0.29) is 29.4 Å². The molecule has 1 aliphatic carbocycles. The van der Waals surface area contributed by atoms with E-state index in [1.54, 1.807) is 23.1 Å². The fourth-order valence-electron chi connectivity index (χ4n) is 3.70. The normalized spacial score (nSPS) is 17.2. The number of hydrogen-bond donors (Lipinski definition) is 2. The zero-order chi connectivity index (χ0) is 21.5. The van der Waals surface area contributed by atoms with Crippen molar-refractivity contribution in [3.63, 3.8) is 0 Å². The van der Waals surface area contributed by atoms with Crippen molar-refractivity contribution >= 4 is 23.6 Å². The second-order valence-electron chi connectivity index (χ2n) is 7.55. The zero-order valence-corrected chi connectivity index (χ0v) is 16.9. The van der Waals surface area contributed by atoms with E-state index in [0.717, 1.165) is 31.9 Å². The van der Waals surface area contributed by atoms with Crippen molar-refractivity contribution in [1.29, 1.82) is 0 Å². The molecule has 160 valence electrons. The number of piperidine rings is 1. The molecule has 2 aliphatic rings. The Labute approximate surface area is 174 Å². The van der Waals surface area contributed by atoms with E-state index in [9.17, 15) is 14.0 Å². The van der Waals surface area contributed by atoms with Crippen LogP contribution in [0.25, 0.3) is 11.4 Å². The lowest BCUT2D eigenvalue weighted by Crippen LogP contribution is -2.35. The van der Waals surface area contributed by atoms with Crippen LogP contribution >= 0.6 is 0 Å². The molecule has 0 unspecified atom stereocenters. The average molecular weight is 414 g/mol. The van der Waals surface area contributed by atoms with E-state index in [0.29, 0.717) is 24.5 Å². The van der Waals surface area contributed by atoms with Gasteiger partial charge in [0, 0.05) is 18.9 Å². The minimum atomic E-state index is -0.598. The first kappa shape index (κ1) is 21.6. The standard InChI is InChI=1S/C14H14FN5O.C7H13NO/c15-9-8-17-14(16)19-13(9)10-4-3-5-11(18-10)20-7-2-1-6-12(20)21;8-7(9)6-4-2-1-3-5-6/h3-5,8H,1-2,6-7H2,(H2,16,17,19);6H,1-5H2,(H2,8,9). The van der Waals surface area contributed by atoms with Crippen LogP contribution in [0.1, 0.15) is 51.4 Å². The van der Waals surface area contributed by atoms with E-state index in [1.807, 2.05) is 0 Å². The molecule has 0 radical (unpaired) electrons. The SMILES string of the molecule is NC(=O)C1CCCCC1.Nc1ncc(F)c(-c2cccc(N3CCCCC3=O)n2)n1. The predicted octanol–water partition coefficient (Wildman–Crippen LogP) is 2.83. The van der Waals surface area contributed by atoms with E-state index < -0.39 is 5.82 Å². The number of aromatic nitrogens is 3. The second kappa shape index (κ2) is 10.1. The molecule has 4 N–H and O–H groups in total. The first-order chi connectivity index (χ1) is 14.5. The van der Waals surface area contributed by atoms with Crippen molar-refractivity contribution in [3.05, 3.63) is 30.2 Å². The Kier molecular flexibility index (Phi) is 7.26. The Morgan fingerprint density at radius 2 is 1.87 bits per heavy atom. The lowest BCUT2D eigenvalue weighted by molar-refractivity contribution is -0.122. The number of carbonyl (C=O) groups excluding carboxylic acids is 2. The molecule has 1 saturated heterocycles. The van der Waals surface area contributed by atoms with Crippen molar-refractivity contribution in [2.75, 3.05) is 17.2 Å². The van der Waals surface area contributed by atoms with Gasteiger partial charge in [-0.15, -0.1) is 0 Å². The molecule has 9 heteroatoms. The maximum atomic E-state index is 13.8. The minimum Gasteiger partial charge on any atom is -0.369 e. The Morgan fingerprint density at radius 1 is 1.10 bits per heavy atom. The zero-order valence-electron chi connectivity index (χ0n) is 16.9. The third-order valence-corrected chi connectivity index (χ3v) is 5.35. The molecule has 30 heavy (non-hydrogen) atoms. The number of anilines is 2. The number of carbonyl (C=O) groups is 2. The molecule has 4 rings (SSSR count). The topological polar surface area (TPSA) is 128 Å². The average Bonchev–Trinajstić information content (AvgIpc) is 2.77. The summed E-state index contributed by atoms with van der Waals surface area (Å²) in [6, 6.07) is 5.08. The monoisotopic (exact) mass is 414 g/mol. The lowest BCUT2D eigenvalue weighted by atomic mass is 9.89. The fourth-order valence-corrected chi connectivity index (χ4v) is 3.70. The minimum absolute atomic E-state index is 0.0207. The molecule has 0 atom stereocenters. The highest BCUT2D eigenvalue weighted by Crippen LogP contribution is 2.24. The molecule has 2 aromatic rings. The maximum absolute atomic E-state index is 13.8. The van der Waals surface area contributed by atoms with E-state index in [4.69, 9.17) is 11.5 Å². The van der Waals surface area contributed by atoms with E-state index >= 15 is 0 Å². The molecule has 0 bridgehead atoms. The lowest BCUT2D eigenvalue weighted by Gasteiger charge is -2.25. The number of nitrogen functional groups attached to an aromatic ring is 1. The van der Waals surface area contributed by atoms with Gasteiger partial charge < -0.3 is 11.5 Å². The summed E-state index contributed by atoms with van der Waals surface area (Å²) >= 11 is 0. The summed E-state index contributed by atoms with van der Waals surface area (Å²) in [7, 11) is 0. The number of nitrogens with zero attached hydrogens (tertiary/aromatic N) is 4. The van der Waals surface area contributed by atoms with E-state index in [1.165, 1.54) is 19.3 Å². The Balaban J connectivity index is 0.000000239. The van der Waals surface area contributed by atoms with Crippen molar-refractivity contribution in [2.45, 2.75) is 51.4 Å². The molecule has 0 spiro atoms. The van der Waals surface area contributed by atoms with Gasteiger partial charge in [-0.1, -0.05) is 25.3 Å². The Hall–Kier alpha value is -3.10. The van der Waals surface area contributed by atoms with Gasteiger partial charge in [0.25, 0.3) is 0 Å². The Morgan fingerprint density at radius 3 is 2.53 bits per heavy atom. The first-order valence-corrected chi connectivity index (χ1v) is 10.3. The quantitative estimate of drug-likeness (QED) is 0.795. The molecule has 1 aliphatic heterocycles. The number of nitrogens with two attached hydrogens (primary N) is 2. The van der Waals surface area contributed by atoms with Crippen molar-refractivity contribution < 1.29 is 14.0 Å². The summed E-state index contributed by atoms with van der Waals surface area (Å²) in [5.74, 6) is 0.0160. The maximum Gasteiger partial charge on any atom is 0.228 e. The van der Waals surface area contributed by atoms with Crippen LogP contribution in [0.4, 0.5) is 16.2 Å². The van der Waals surface area contributed by atoms with Crippen molar-refractivity contribution in [1.82, 2.24) is 15.0 Å². The van der Waals surface area contributed by atoms with Gasteiger partial charge in [0.15, 0.2) is 5.82 Å². The van der Waals surface area contributed by atoms with Crippen molar-refractivity contribution in [2.24, 2.45) is 11.7 Å². The molecule has 1 saturated carbocycles. The highest BCUT2D eigenvalue weighted by atomic mass is 19.1. The molecule has 3 heterocycles. The molecule has 2 amide bonds. The van der Waals surface area contributed by atoms with Gasteiger partial charge in [-0.2, -0.15) is 0 Å². The van der Waals surface area contributed by atoms with Gasteiger partial charge in [-0.25, -0.2) is 19.3 Å².